The van der Waals surface area contributed by atoms with E-state index < -0.39 is 0 Å². The fourth-order valence-electron chi connectivity index (χ4n) is 3.16. The Morgan fingerprint density at radius 3 is 2.91 bits per heavy atom. The van der Waals surface area contributed by atoms with Gasteiger partial charge in [0.15, 0.2) is 5.16 Å². The molecule has 118 valence electrons. The van der Waals surface area contributed by atoms with Gasteiger partial charge in [-0.2, -0.15) is 0 Å². The van der Waals surface area contributed by atoms with Gasteiger partial charge < -0.3 is 0 Å². The first-order valence-electron chi connectivity index (χ1n) is 7.90. The maximum Gasteiger partial charge on any atom is 0.255 e. The average Bonchev–Trinajstić information content (AvgIpc) is 2.97. The van der Waals surface area contributed by atoms with E-state index in [4.69, 9.17) is 0 Å². The van der Waals surface area contributed by atoms with E-state index in [9.17, 15) is 4.79 Å². The number of H-pyrrole nitrogens is 1. The minimum atomic E-state index is -0.00458. The normalized spacial score (nSPS) is 14.1. The van der Waals surface area contributed by atoms with E-state index in [0.29, 0.717) is 5.78 Å². The molecule has 0 saturated heterocycles. The van der Waals surface area contributed by atoms with E-state index >= 15 is 0 Å². The monoisotopic (exact) mass is 326 g/mol. The number of fused-ring (bicyclic) bond motifs is 3. The molecule has 3 aromatic rings. The van der Waals surface area contributed by atoms with Gasteiger partial charge in [-0.15, -0.1) is 10.2 Å². The van der Waals surface area contributed by atoms with Gasteiger partial charge in [0, 0.05) is 17.0 Å². The van der Waals surface area contributed by atoms with Crippen LogP contribution >= 0.6 is 11.8 Å². The number of aromatic nitrogens is 4. The van der Waals surface area contributed by atoms with Crippen molar-refractivity contribution in [3.63, 3.8) is 0 Å². The summed E-state index contributed by atoms with van der Waals surface area (Å²) >= 11 is 1.67. The summed E-state index contributed by atoms with van der Waals surface area (Å²) in [7, 11) is 0. The third-order valence-corrected chi connectivity index (χ3v) is 5.44. The third-order valence-electron chi connectivity index (χ3n) is 4.46. The van der Waals surface area contributed by atoms with Crippen LogP contribution in [0.3, 0.4) is 0 Å². The van der Waals surface area contributed by atoms with Crippen LogP contribution < -0.4 is 5.56 Å². The van der Waals surface area contributed by atoms with Crippen molar-refractivity contribution in [2.45, 2.75) is 43.5 Å². The minimum Gasteiger partial charge on any atom is -0.290 e. The third kappa shape index (κ3) is 2.57. The van der Waals surface area contributed by atoms with Crippen molar-refractivity contribution in [3.05, 3.63) is 57.0 Å². The molecule has 0 saturated carbocycles. The molecule has 0 bridgehead atoms. The average molecular weight is 326 g/mol. The van der Waals surface area contributed by atoms with Crippen LogP contribution in [0.15, 0.2) is 34.2 Å². The van der Waals surface area contributed by atoms with Gasteiger partial charge in [0.2, 0.25) is 5.78 Å². The largest absolute Gasteiger partial charge is 0.290 e. The van der Waals surface area contributed by atoms with Crippen LogP contribution in [0.4, 0.5) is 0 Å². The topological polar surface area (TPSA) is 63.0 Å². The summed E-state index contributed by atoms with van der Waals surface area (Å²) in [6, 6.07) is 8.38. The van der Waals surface area contributed by atoms with Crippen molar-refractivity contribution >= 4 is 17.5 Å². The highest BCUT2D eigenvalue weighted by Crippen LogP contribution is 2.26. The first-order valence-corrected chi connectivity index (χ1v) is 8.89. The van der Waals surface area contributed by atoms with Crippen LogP contribution in [0.2, 0.25) is 0 Å². The Morgan fingerprint density at radius 2 is 2.04 bits per heavy atom. The summed E-state index contributed by atoms with van der Waals surface area (Å²) < 4.78 is 2.04. The molecule has 1 aliphatic carbocycles. The van der Waals surface area contributed by atoms with E-state index in [-0.39, 0.29) is 5.56 Å². The van der Waals surface area contributed by atoms with Gasteiger partial charge in [0.25, 0.3) is 5.56 Å². The summed E-state index contributed by atoms with van der Waals surface area (Å²) in [6.07, 6.45) is 3.97. The predicted molar refractivity (Wildman–Crippen MR) is 91.0 cm³/mol. The smallest absolute Gasteiger partial charge is 0.255 e. The molecule has 0 radical (unpaired) electrons. The van der Waals surface area contributed by atoms with Crippen molar-refractivity contribution in [2.75, 3.05) is 0 Å². The molecular weight excluding hydrogens is 308 g/mol. The van der Waals surface area contributed by atoms with Gasteiger partial charge in [-0.3, -0.25) is 14.2 Å². The molecule has 23 heavy (non-hydrogen) atoms. The van der Waals surface area contributed by atoms with Crippen LogP contribution in [0.1, 0.15) is 35.2 Å². The second-order valence-corrected chi connectivity index (χ2v) is 6.89. The van der Waals surface area contributed by atoms with Crippen molar-refractivity contribution in [3.8, 4) is 0 Å². The SMILES string of the molecule is Cc1ccccc1CSc1nnc2[nH]c(=O)c3c(n12)CCCC3. The van der Waals surface area contributed by atoms with E-state index in [1.165, 1.54) is 11.1 Å². The molecule has 4 rings (SSSR count). The number of thioether (sulfide) groups is 1. The maximum absolute atomic E-state index is 12.2. The zero-order valence-electron chi connectivity index (χ0n) is 13.0. The number of aryl methyl sites for hydroxylation is 2. The molecule has 0 aliphatic heterocycles. The second kappa shape index (κ2) is 5.85. The van der Waals surface area contributed by atoms with Gasteiger partial charge in [-0.25, -0.2) is 0 Å². The van der Waals surface area contributed by atoms with Crippen molar-refractivity contribution in [2.24, 2.45) is 0 Å². The highest BCUT2D eigenvalue weighted by Gasteiger charge is 2.20. The molecule has 5 nitrogen and oxygen atoms in total. The molecule has 2 aromatic heterocycles. The molecule has 0 amide bonds. The number of nitrogens with zero attached hydrogens (tertiary/aromatic N) is 3. The molecule has 6 heteroatoms. The number of aromatic amines is 1. The lowest BCUT2D eigenvalue weighted by Crippen LogP contribution is -2.22. The molecule has 1 aromatic carbocycles. The van der Waals surface area contributed by atoms with E-state index in [1.807, 2.05) is 4.40 Å². The van der Waals surface area contributed by atoms with Crippen LogP contribution in [0.5, 0.6) is 0 Å². The molecule has 0 fully saturated rings. The first kappa shape index (κ1) is 14.5. The quantitative estimate of drug-likeness (QED) is 0.752. The van der Waals surface area contributed by atoms with Crippen LogP contribution in [-0.2, 0) is 18.6 Å². The zero-order valence-corrected chi connectivity index (χ0v) is 13.8. The van der Waals surface area contributed by atoms with Gasteiger partial charge in [-0.1, -0.05) is 36.0 Å². The second-order valence-electron chi connectivity index (χ2n) is 5.94. The zero-order chi connectivity index (χ0) is 15.8. The van der Waals surface area contributed by atoms with Crippen LogP contribution in [0, 0.1) is 6.92 Å². The van der Waals surface area contributed by atoms with Crippen molar-refractivity contribution < 1.29 is 0 Å². The molecule has 0 atom stereocenters. The molecule has 1 N–H and O–H groups in total. The summed E-state index contributed by atoms with van der Waals surface area (Å²) in [5.74, 6) is 1.41. The summed E-state index contributed by atoms with van der Waals surface area (Å²) in [4.78, 5) is 15.0. The minimum absolute atomic E-state index is 0.00458. The standard InChI is InChI=1S/C17H18N4OS/c1-11-6-2-3-7-12(11)10-23-17-20-19-16-18-15(22)13-8-4-5-9-14(13)21(16)17/h2-3,6-7H,4-5,8-10H2,1H3,(H,18,19,22). The first-order chi connectivity index (χ1) is 11.2. The fraction of sp³-hybridized carbons (Fsp3) is 0.353. The highest BCUT2D eigenvalue weighted by molar-refractivity contribution is 7.98. The fourth-order valence-corrected chi connectivity index (χ4v) is 4.19. The maximum atomic E-state index is 12.2. The molecule has 1 aliphatic rings. The van der Waals surface area contributed by atoms with E-state index in [0.717, 1.165) is 47.8 Å². The van der Waals surface area contributed by atoms with Gasteiger partial charge >= 0.3 is 0 Å². The summed E-state index contributed by atoms with van der Waals surface area (Å²) in [6.45, 7) is 2.12. The number of hydrogen-bond acceptors (Lipinski definition) is 4. The Morgan fingerprint density at radius 1 is 1.22 bits per heavy atom. The number of nitrogens with one attached hydrogen (secondary N) is 1. The summed E-state index contributed by atoms with van der Waals surface area (Å²) in [5.41, 5.74) is 4.57. The Kier molecular flexibility index (Phi) is 3.69. The number of rotatable bonds is 3. The van der Waals surface area contributed by atoms with Gasteiger partial charge in [-0.05, 0) is 43.7 Å². The Hall–Kier alpha value is -2.08. The molecule has 2 heterocycles. The highest BCUT2D eigenvalue weighted by atomic mass is 32.2. The van der Waals surface area contributed by atoms with Gasteiger partial charge in [0.1, 0.15) is 0 Å². The van der Waals surface area contributed by atoms with Gasteiger partial charge in [0.05, 0.1) is 0 Å². The van der Waals surface area contributed by atoms with Crippen molar-refractivity contribution in [1.29, 1.82) is 0 Å². The molecule has 0 unspecified atom stereocenters. The number of benzene rings is 1. The predicted octanol–water partition coefficient (Wildman–Crippen LogP) is 2.90. The van der Waals surface area contributed by atoms with E-state index in [2.05, 4.69) is 46.4 Å². The Bertz CT molecular complexity index is 928. The summed E-state index contributed by atoms with van der Waals surface area (Å²) in [5, 5.41) is 9.31. The Labute approximate surface area is 138 Å². The van der Waals surface area contributed by atoms with Crippen LogP contribution in [0.25, 0.3) is 5.78 Å². The van der Waals surface area contributed by atoms with Crippen molar-refractivity contribution in [1.82, 2.24) is 19.6 Å². The lowest BCUT2D eigenvalue weighted by atomic mass is 9.97. The Balaban J connectivity index is 1.73. The lowest BCUT2D eigenvalue weighted by molar-refractivity contribution is 0.639. The lowest BCUT2D eigenvalue weighted by Gasteiger charge is -2.16. The molecular formula is C17H18N4OS. The van der Waals surface area contributed by atoms with Crippen LogP contribution in [-0.4, -0.2) is 19.6 Å². The van der Waals surface area contributed by atoms with E-state index in [1.54, 1.807) is 11.8 Å². The molecule has 0 spiro atoms. The number of hydrogen-bond donors (Lipinski definition) is 1.